The van der Waals surface area contributed by atoms with E-state index < -0.39 is 0 Å². The molecule has 0 fully saturated rings. The van der Waals surface area contributed by atoms with Crippen LogP contribution in [0.25, 0.3) is 12.2 Å². The molecule has 2 aromatic carbocycles. The molecular weight excluding hydrogens is 348 g/mol. The molecule has 0 radical (unpaired) electrons. The van der Waals surface area contributed by atoms with E-state index in [1.165, 1.54) is 50.7 Å². The van der Waals surface area contributed by atoms with Crippen LogP contribution < -0.4 is 9.47 Å². The van der Waals surface area contributed by atoms with Crippen LogP contribution in [0, 0.1) is 0 Å². The van der Waals surface area contributed by atoms with Crippen molar-refractivity contribution in [3.05, 3.63) is 59.7 Å². The number of hydrogen-bond donors (Lipinski definition) is 2. The third-order valence-corrected chi connectivity index (χ3v) is 3.68. The fourth-order valence-electron chi connectivity index (χ4n) is 2.29. The Hall–Kier alpha value is -3.54. The maximum atomic E-state index is 11.9. The van der Waals surface area contributed by atoms with Gasteiger partial charge in [-0.1, -0.05) is 24.3 Å². The highest BCUT2D eigenvalue weighted by Gasteiger charge is 2.06. The summed E-state index contributed by atoms with van der Waals surface area (Å²) in [5.41, 5.74) is 1.22. The van der Waals surface area contributed by atoms with E-state index in [1.54, 1.807) is 24.3 Å². The Balaban J connectivity index is 1.94. The SMILES string of the molecule is COc1ccc(/C=C/C(=O)CC(=O)/C=C/c2ccc(OC)c(O)c2)cc1O. The molecule has 0 saturated heterocycles. The highest BCUT2D eigenvalue weighted by Crippen LogP contribution is 2.27. The largest absolute Gasteiger partial charge is 0.504 e. The van der Waals surface area contributed by atoms with Gasteiger partial charge in [0.15, 0.2) is 34.6 Å². The van der Waals surface area contributed by atoms with Gasteiger partial charge in [-0.15, -0.1) is 0 Å². The molecule has 0 atom stereocenters. The van der Waals surface area contributed by atoms with Gasteiger partial charge in [0.05, 0.1) is 20.6 Å². The highest BCUT2D eigenvalue weighted by molar-refractivity contribution is 6.10. The first kappa shape index (κ1) is 19.8. The number of carbonyl (C=O) groups is 2. The van der Waals surface area contributed by atoms with Crippen LogP contribution in [0.5, 0.6) is 23.0 Å². The summed E-state index contributed by atoms with van der Waals surface area (Å²) in [4.78, 5) is 23.8. The Labute approximate surface area is 157 Å². The average Bonchev–Trinajstić information content (AvgIpc) is 2.65. The van der Waals surface area contributed by atoms with Crippen LogP contribution in [0.15, 0.2) is 48.6 Å². The van der Waals surface area contributed by atoms with Crippen molar-refractivity contribution in [2.45, 2.75) is 6.42 Å². The number of ketones is 2. The zero-order valence-electron chi connectivity index (χ0n) is 15.0. The molecule has 0 aliphatic carbocycles. The molecule has 2 aromatic rings. The Bertz CT molecular complexity index is 822. The Morgan fingerprint density at radius 2 is 1.22 bits per heavy atom. The summed E-state index contributed by atoms with van der Waals surface area (Å²) in [6.07, 6.45) is 5.32. The monoisotopic (exact) mass is 368 g/mol. The van der Waals surface area contributed by atoms with E-state index in [1.807, 2.05) is 0 Å². The number of ether oxygens (including phenoxy) is 2. The number of rotatable bonds is 8. The number of aromatic hydroxyl groups is 2. The van der Waals surface area contributed by atoms with Crippen LogP contribution in [0.1, 0.15) is 17.5 Å². The van der Waals surface area contributed by atoms with Gasteiger partial charge < -0.3 is 19.7 Å². The van der Waals surface area contributed by atoms with Crippen LogP contribution in [-0.2, 0) is 9.59 Å². The van der Waals surface area contributed by atoms with Crippen LogP contribution >= 0.6 is 0 Å². The van der Waals surface area contributed by atoms with E-state index in [2.05, 4.69) is 0 Å². The second-order valence-electron chi connectivity index (χ2n) is 5.64. The number of allylic oxidation sites excluding steroid dienone is 2. The van der Waals surface area contributed by atoms with Crippen LogP contribution in [0.4, 0.5) is 0 Å². The van der Waals surface area contributed by atoms with Gasteiger partial charge in [0.1, 0.15) is 0 Å². The van der Waals surface area contributed by atoms with E-state index in [9.17, 15) is 19.8 Å². The lowest BCUT2D eigenvalue weighted by atomic mass is 10.1. The van der Waals surface area contributed by atoms with Crippen LogP contribution in [0.2, 0.25) is 0 Å². The van der Waals surface area contributed by atoms with Gasteiger partial charge in [0.2, 0.25) is 0 Å². The van der Waals surface area contributed by atoms with Gasteiger partial charge in [-0.25, -0.2) is 0 Å². The van der Waals surface area contributed by atoms with E-state index in [-0.39, 0.29) is 29.5 Å². The van der Waals surface area contributed by atoms with Crippen molar-refractivity contribution in [2.24, 2.45) is 0 Å². The molecule has 140 valence electrons. The van der Waals surface area contributed by atoms with Crippen molar-refractivity contribution in [3.8, 4) is 23.0 Å². The summed E-state index contributed by atoms with van der Waals surface area (Å²) in [5, 5.41) is 19.4. The normalized spacial score (nSPS) is 11.0. The third-order valence-electron chi connectivity index (χ3n) is 3.68. The van der Waals surface area contributed by atoms with E-state index in [0.29, 0.717) is 22.6 Å². The van der Waals surface area contributed by atoms with Crippen molar-refractivity contribution in [1.82, 2.24) is 0 Å². The molecular formula is C21H20O6. The molecule has 6 heteroatoms. The Morgan fingerprint density at radius 1 is 0.815 bits per heavy atom. The van der Waals surface area contributed by atoms with E-state index in [4.69, 9.17) is 9.47 Å². The van der Waals surface area contributed by atoms with Crippen molar-refractivity contribution in [3.63, 3.8) is 0 Å². The molecule has 0 amide bonds. The van der Waals surface area contributed by atoms with Crippen LogP contribution in [-0.4, -0.2) is 36.0 Å². The predicted octanol–water partition coefficient (Wildman–Crippen LogP) is 3.37. The van der Waals surface area contributed by atoms with Gasteiger partial charge in [-0.05, 0) is 47.5 Å². The average molecular weight is 368 g/mol. The first-order chi connectivity index (χ1) is 12.9. The zero-order chi connectivity index (χ0) is 19.8. The molecule has 27 heavy (non-hydrogen) atoms. The first-order valence-corrected chi connectivity index (χ1v) is 8.08. The van der Waals surface area contributed by atoms with Gasteiger partial charge in [0, 0.05) is 0 Å². The molecule has 6 nitrogen and oxygen atoms in total. The maximum Gasteiger partial charge on any atom is 0.163 e. The summed E-state index contributed by atoms with van der Waals surface area (Å²) < 4.78 is 9.89. The van der Waals surface area contributed by atoms with E-state index in [0.717, 1.165) is 0 Å². The van der Waals surface area contributed by atoms with Gasteiger partial charge in [0.25, 0.3) is 0 Å². The van der Waals surface area contributed by atoms with Crippen molar-refractivity contribution >= 4 is 23.7 Å². The van der Waals surface area contributed by atoms with Gasteiger partial charge >= 0.3 is 0 Å². The second kappa shape index (κ2) is 9.24. The van der Waals surface area contributed by atoms with E-state index >= 15 is 0 Å². The molecule has 2 N–H and O–H groups in total. The molecule has 0 aromatic heterocycles. The topological polar surface area (TPSA) is 93.1 Å². The molecule has 0 aliphatic rings. The quantitative estimate of drug-likeness (QED) is 0.548. The van der Waals surface area contributed by atoms with Crippen molar-refractivity contribution in [2.75, 3.05) is 14.2 Å². The smallest absolute Gasteiger partial charge is 0.163 e. The lowest BCUT2D eigenvalue weighted by molar-refractivity contribution is -0.121. The number of methoxy groups -OCH3 is 2. The number of phenols is 2. The Morgan fingerprint density at radius 3 is 1.56 bits per heavy atom. The third kappa shape index (κ3) is 5.74. The summed E-state index contributed by atoms with van der Waals surface area (Å²) >= 11 is 0. The Kier molecular flexibility index (Phi) is 6.77. The summed E-state index contributed by atoms with van der Waals surface area (Å²) in [7, 11) is 2.89. The molecule has 0 spiro atoms. The summed E-state index contributed by atoms with van der Waals surface area (Å²) in [5.74, 6) is -0.121. The zero-order valence-corrected chi connectivity index (χ0v) is 15.0. The fourth-order valence-corrected chi connectivity index (χ4v) is 2.29. The van der Waals surface area contributed by atoms with Crippen molar-refractivity contribution in [1.29, 1.82) is 0 Å². The number of benzene rings is 2. The van der Waals surface area contributed by atoms with Gasteiger partial charge in [-0.2, -0.15) is 0 Å². The minimum atomic E-state index is -0.363. The summed E-state index contributed by atoms with van der Waals surface area (Å²) in [6, 6.07) is 9.44. The molecule has 0 heterocycles. The van der Waals surface area contributed by atoms with Gasteiger partial charge in [-0.3, -0.25) is 9.59 Å². The number of hydrogen-bond acceptors (Lipinski definition) is 6. The molecule has 0 saturated carbocycles. The van der Waals surface area contributed by atoms with Crippen molar-refractivity contribution < 1.29 is 29.3 Å². The molecule has 0 aliphatic heterocycles. The lowest BCUT2D eigenvalue weighted by Gasteiger charge is -2.03. The standard InChI is InChI=1S/C21H20O6/c1-26-20-9-5-14(11-18(20)24)3-7-16(22)13-17(23)8-4-15-6-10-21(27-2)19(25)12-15/h3-12,24-25H,13H2,1-2H3/b7-3+,8-4+. The molecule has 0 unspecified atom stereocenters. The minimum Gasteiger partial charge on any atom is -0.504 e. The number of phenolic OH excluding ortho intramolecular Hbond substituents is 2. The molecule has 0 bridgehead atoms. The van der Waals surface area contributed by atoms with Crippen LogP contribution in [0.3, 0.4) is 0 Å². The summed E-state index contributed by atoms with van der Waals surface area (Å²) in [6.45, 7) is 0. The fraction of sp³-hybridized carbons (Fsp3) is 0.143. The molecule has 2 rings (SSSR count). The number of carbonyl (C=O) groups excluding carboxylic acids is 2. The highest BCUT2D eigenvalue weighted by atomic mass is 16.5. The second-order valence-corrected chi connectivity index (χ2v) is 5.64. The lowest BCUT2D eigenvalue weighted by Crippen LogP contribution is -2.01. The predicted molar refractivity (Wildman–Crippen MR) is 102 cm³/mol. The minimum absolute atomic E-state index is 0.0335. The maximum absolute atomic E-state index is 11.9. The first-order valence-electron chi connectivity index (χ1n) is 8.08.